The van der Waals surface area contributed by atoms with Crippen LogP contribution >= 0.6 is 0 Å². The van der Waals surface area contributed by atoms with Gasteiger partial charge in [0, 0.05) is 40.5 Å². The number of aromatic nitrogens is 3. The van der Waals surface area contributed by atoms with Gasteiger partial charge in [-0.25, -0.2) is 9.97 Å². The Morgan fingerprint density at radius 3 is 2.42 bits per heavy atom. The lowest BCUT2D eigenvalue weighted by Gasteiger charge is -2.43. The smallest absolute Gasteiger partial charge is 0.325 e. The van der Waals surface area contributed by atoms with Gasteiger partial charge in [0.1, 0.15) is 6.54 Å². The molecule has 0 saturated heterocycles. The second-order valence-corrected chi connectivity index (χ2v) is 8.11. The molecule has 2 aromatic carbocycles. The molecule has 2 aromatic heterocycles. The van der Waals surface area contributed by atoms with Crippen molar-refractivity contribution in [2.24, 2.45) is 0 Å². The van der Waals surface area contributed by atoms with Crippen LogP contribution in [0.15, 0.2) is 67.1 Å². The molecule has 1 fully saturated rings. The standard InChI is InChI=1S/C25H24N4O2/c1-31-23(30)16-29-15-21(20-5-2-3-6-22(20)29)25(11-4-12-25)19-9-7-17(8-10-19)18-13-27-24(26)28-14-18/h2-3,5-10,13-15H,4,11-12,16H2,1H3,(H2,26,27,28). The topological polar surface area (TPSA) is 83.0 Å². The van der Waals surface area contributed by atoms with Crippen LogP contribution in [0.3, 0.4) is 0 Å². The van der Waals surface area contributed by atoms with Gasteiger partial charge in [-0.2, -0.15) is 0 Å². The Balaban J connectivity index is 1.56. The fraction of sp³-hybridized carbons (Fsp3) is 0.240. The molecule has 0 bridgehead atoms. The van der Waals surface area contributed by atoms with Crippen molar-refractivity contribution in [3.8, 4) is 11.1 Å². The molecule has 2 N–H and O–H groups in total. The molecular weight excluding hydrogens is 388 g/mol. The van der Waals surface area contributed by atoms with Crippen LogP contribution < -0.4 is 5.73 Å². The van der Waals surface area contributed by atoms with Crippen LogP contribution in [-0.2, 0) is 21.5 Å². The quantitative estimate of drug-likeness (QED) is 0.494. The van der Waals surface area contributed by atoms with Gasteiger partial charge in [0.05, 0.1) is 7.11 Å². The van der Waals surface area contributed by atoms with E-state index in [9.17, 15) is 4.79 Å². The Bertz CT molecular complexity index is 1240. The summed E-state index contributed by atoms with van der Waals surface area (Å²) < 4.78 is 6.92. The summed E-state index contributed by atoms with van der Waals surface area (Å²) in [7, 11) is 1.43. The number of hydrogen-bond donors (Lipinski definition) is 1. The highest BCUT2D eigenvalue weighted by Crippen LogP contribution is 2.51. The number of ether oxygens (including phenoxy) is 1. The highest BCUT2D eigenvalue weighted by Gasteiger charge is 2.42. The number of rotatable bonds is 5. The minimum absolute atomic E-state index is 0.0445. The summed E-state index contributed by atoms with van der Waals surface area (Å²) in [5.41, 5.74) is 11.2. The molecule has 0 unspecified atom stereocenters. The highest BCUT2D eigenvalue weighted by molar-refractivity contribution is 5.87. The number of carbonyl (C=O) groups is 1. The number of methoxy groups -OCH3 is 1. The summed E-state index contributed by atoms with van der Waals surface area (Å²) in [5.74, 6) is 0.0298. The van der Waals surface area contributed by atoms with Crippen molar-refractivity contribution in [2.75, 3.05) is 12.8 Å². The van der Waals surface area contributed by atoms with Crippen LogP contribution in [-0.4, -0.2) is 27.6 Å². The fourth-order valence-corrected chi connectivity index (χ4v) is 4.68. The maximum absolute atomic E-state index is 12.0. The Morgan fingerprint density at radius 1 is 1.06 bits per heavy atom. The summed E-state index contributed by atoms with van der Waals surface area (Å²) >= 11 is 0. The van der Waals surface area contributed by atoms with E-state index in [1.54, 1.807) is 12.4 Å². The average molecular weight is 412 g/mol. The molecule has 0 atom stereocenters. The molecule has 2 heterocycles. The van der Waals surface area contributed by atoms with Crippen molar-refractivity contribution in [3.05, 3.63) is 78.2 Å². The molecule has 0 aliphatic heterocycles. The maximum Gasteiger partial charge on any atom is 0.325 e. The van der Waals surface area contributed by atoms with E-state index in [4.69, 9.17) is 10.5 Å². The number of para-hydroxylation sites is 1. The molecule has 0 radical (unpaired) electrons. The minimum Gasteiger partial charge on any atom is -0.468 e. The molecule has 0 spiro atoms. The minimum atomic E-state index is -0.245. The molecule has 0 amide bonds. The van der Waals surface area contributed by atoms with E-state index in [2.05, 4.69) is 58.6 Å². The Kier molecular flexibility index (Phi) is 4.70. The van der Waals surface area contributed by atoms with Crippen LogP contribution in [0.4, 0.5) is 5.95 Å². The van der Waals surface area contributed by atoms with E-state index >= 15 is 0 Å². The van der Waals surface area contributed by atoms with E-state index < -0.39 is 0 Å². The first kappa shape index (κ1) is 19.3. The lowest BCUT2D eigenvalue weighted by molar-refractivity contribution is -0.141. The molecule has 156 valence electrons. The van der Waals surface area contributed by atoms with Crippen molar-refractivity contribution in [1.82, 2.24) is 14.5 Å². The summed E-state index contributed by atoms with van der Waals surface area (Å²) in [4.78, 5) is 20.2. The van der Waals surface area contributed by atoms with Gasteiger partial charge in [-0.15, -0.1) is 0 Å². The second kappa shape index (κ2) is 7.54. The molecule has 4 aromatic rings. The van der Waals surface area contributed by atoms with E-state index in [-0.39, 0.29) is 23.9 Å². The summed E-state index contributed by atoms with van der Waals surface area (Å²) in [6.45, 7) is 0.211. The van der Waals surface area contributed by atoms with Gasteiger partial charge in [-0.3, -0.25) is 4.79 Å². The third-order valence-corrected chi connectivity index (χ3v) is 6.48. The van der Waals surface area contributed by atoms with Crippen LogP contribution in [0.1, 0.15) is 30.4 Å². The van der Waals surface area contributed by atoms with Crippen LogP contribution in [0.2, 0.25) is 0 Å². The fourth-order valence-electron chi connectivity index (χ4n) is 4.68. The van der Waals surface area contributed by atoms with Gasteiger partial charge in [-0.05, 0) is 35.6 Å². The number of benzene rings is 2. The normalized spacial score (nSPS) is 14.9. The Morgan fingerprint density at radius 2 is 1.77 bits per heavy atom. The molecule has 1 aliphatic rings. The van der Waals surface area contributed by atoms with Crippen molar-refractivity contribution in [3.63, 3.8) is 0 Å². The number of esters is 1. The number of fused-ring (bicyclic) bond motifs is 1. The predicted octanol–water partition coefficient (Wildman–Crippen LogP) is 4.32. The molecule has 6 nitrogen and oxygen atoms in total. The van der Waals surface area contributed by atoms with E-state index in [0.717, 1.165) is 29.5 Å². The molecule has 6 heteroatoms. The van der Waals surface area contributed by atoms with E-state index in [0.29, 0.717) is 0 Å². The summed E-state index contributed by atoms with van der Waals surface area (Å²) in [6, 6.07) is 16.9. The largest absolute Gasteiger partial charge is 0.468 e. The zero-order valence-corrected chi connectivity index (χ0v) is 17.4. The van der Waals surface area contributed by atoms with E-state index in [1.165, 1.54) is 30.0 Å². The number of hydrogen-bond acceptors (Lipinski definition) is 5. The van der Waals surface area contributed by atoms with Crippen molar-refractivity contribution < 1.29 is 9.53 Å². The Hall–Kier alpha value is -3.67. The van der Waals surface area contributed by atoms with Crippen molar-refractivity contribution in [1.29, 1.82) is 0 Å². The SMILES string of the molecule is COC(=O)Cn1cc(C2(c3ccc(-c4cnc(N)nc4)cc3)CCC2)c2ccccc21. The zero-order valence-electron chi connectivity index (χ0n) is 17.4. The van der Waals surface area contributed by atoms with Gasteiger partial charge in [0.25, 0.3) is 0 Å². The van der Waals surface area contributed by atoms with Gasteiger partial charge in [0.2, 0.25) is 5.95 Å². The average Bonchev–Trinajstić information content (AvgIpc) is 3.13. The van der Waals surface area contributed by atoms with E-state index in [1.807, 2.05) is 10.6 Å². The summed E-state index contributed by atoms with van der Waals surface area (Å²) in [5, 5.41) is 1.20. The number of anilines is 1. The predicted molar refractivity (Wildman–Crippen MR) is 120 cm³/mol. The molecule has 1 saturated carbocycles. The van der Waals surface area contributed by atoms with Crippen LogP contribution in [0.25, 0.3) is 22.0 Å². The third-order valence-electron chi connectivity index (χ3n) is 6.48. The third kappa shape index (κ3) is 3.24. The number of nitrogens with zero attached hydrogens (tertiary/aromatic N) is 3. The number of nitrogen functional groups attached to an aromatic ring is 1. The maximum atomic E-state index is 12.0. The molecular formula is C25H24N4O2. The lowest BCUT2D eigenvalue weighted by atomic mass is 9.60. The van der Waals surface area contributed by atoms with Crippen molar-refractivity contribution in [2.45, 2.75) is 31.2 Å². The van der Waals surface area contributed by atoms with Gasteiger partial charge in [-0.1, -0.05) is 48.9 Å². The van der Waals surface area contributed by atoms with Gasteiger partial charge in [0.15, 0.2) is 0 Å². The van der Waals surface area contributed by atoms with Gasteiger partial charge >= 0.3 is 5.97 Å². The molecule has 1 aliphatic carbocycles. The van der Waals surface area contributed by atoms with Gasteiger partial charge < -0.3 is 15.0 Å². The second-order valence-electron chi connectivity index (χ2n) is 8.11. The van der Waals surface area contributed by atoms with Crippen LogP contribution in [0.5, 0.6) is 0 Å². The first-order chi connectivity index (χ1) is 15.1. The number of nitrogens with two attached hydrogens (primary N) is 1. The zero-order chi connectivity index (χ0) is 21.4. The lowest BCUT2D eigenvalue weighted by Crippen LogP contribution is -2.35. The summed E-state index contributed by atoms with van der Waals surface area (Å²) in [6.07, 6.45) is 8.99. The monoisotopic (exact) mass is 412 g/mol. The highest BCUT2D eigenvalue weighted by atomic mass is 16.5. The first-order valence-corrected chi connectivity index (χ1v) is 10.4. The first-order valence-electron chi connectivity index (χ1n) is 10.4. The molecule has 31 heavy (non-hydrogen) atoms. The van der Waals surface area contributed by atoms with Crippen molar-refractivity contribution >= 4 is 22.8 Å². The van der Waals surface area contributed by atoms with Crippen LogP contribution in [0, 0.1) is 0 Å². The number of carbonyl (C=O) groups excluding carboxylic acids is 1. The Labute approximate surface area is 180 Å². The molecule has 5 rings (SSSR count).